The third-order valence-electron chi connectivity index (χ3n) is 8.25. The highest BCUT2D eigenvalue weighted by atomic mass is 16.6. The van der Waals surface area contributed by atoms with Gasteiger partial charge in [-0.25, -0.2) is 0 Å². The van der Waals surface area contributed by atoms with E-state index in [2.05, 4.69) is 54.0 Å². The fraction of sp³-hybridized carbons (Fsp3) is 0.419. The number of anilines is 1. The highest BCUT2D eigenvalue weighted by Gasteiger charge is 2.42. The van der Waals surface area contributed by atoms with Gasteiger partial charge in [0.25, 0.3) is 5.69 Å². The molecule has 0 radical (unpaired) electrons. The van der Waals surface area contributed by atoms with E-state index in [0.29, 0.717) is 34.2 Å². The average Bonchev–Trinajstić information content (AvgIpc) is 2.97. The topological polar surface area (TPSA) is 124 Å². The molecule has 2 aliphatic rings. The lowest BCUT2D eigenvalue weighted by Gasteiger charge is -2.48. The van der Waals surface area contributed by atoms with E-state index in [0.717, 1.165) is 31.7 Å². The summed E-state index contributed by atoms with van der Waals surface area (Å²) >= 11 is 0. The Kier molecular flexibility index (Phi) is 7.61. The van der Waals surface area contributed by atoms with E-state index in [4.69, 9.17) is 19.3 Å². The predicted octanol–water partition coefficient (Wildman–Crippen LogP) is 8.62. The van der Waals surface area contributed by atoms with Crippen molar-refractivity contribution in [3.63, 3.8) is 0 Å². The SMILES string of the molecule is COc1cc(N=Nc2cc3c4c(c2OC)C(C)(C)CCN4CCC3(C)C)c(OC)cc1N=Nc1ccc([N+](=O)[O-])cc1. The van der Waals surface area contributed by atoms with Crippen molar-refractivity contribution in [2.75, 3.05) is 39.3 Å². The molecule has 11 nitrogen and oxygen atoms in total. The van der Waals surface area contributed by atoms with Crippen LogP contribution in [0.4, 0.5) is 34.1 Å². The van der Waals surface area contributed by atoms with Crippen LogP contribution in [-0.4, -0.2) is 39.3 Å². The van der Waals surface area contributed by atoms with Crippen molar-refractivity contribution in [3.8, 4) is 17.2 Å². The zero-order chi connectivity index (χ0) is 30.2. The van der Waals surface area contributed by atoms with Crippen molar-refractivity contribution in [2.45, 2.75) is 51.4 Å². The molecule has 0 saturated heterocycles. The first-order valence-electron chi connectivity index (χ1n) is 13.8. The van der Waals surface area contributed by atoms with Gasteiger partial charge in [-0.1, -0.05) is 27.7 Å². The number of nitro benzene ring substituents is 1. The van der Waals surface area contributed by atoms with Gasteiger partial charge in [-0.05, 0) is 47.4 Å². The van der Waals surface area contributed by atoms with E-state index in [1.54, 1.807) is 26.4 Å². The molecule has 0 unspecified atom stereocenters. The molecular formula is C31H36N6O5. The van der Waals surface area contributed by atoms with Crippen molar-refractivity contribution >= 4 is 34.1 Å². The van der Waals surface area contributed by atoms with Crippen LogP contribution < -0.4 is 19.1 Å². The molecule has 0 fully saturated rings. The zero-order valence-corrected chi connectivity index (χ0v) is 25.1. The molecule has 5 rings (SSSR count). The molecule has 2 heterocycles. The van der Waals surface area contributed by atoms with Gasteiger partial charge in [0, 0.05) is 48.6 Å². The summed E-state index contributed by atoms with van der Waals surface area (Å²) in [6.07, 6.45) is 2.08. The highest BCUT2D eigenvalue weighted by Crippen LogP contribution is 2.55. The Labute approximate surface area is 245 Å². The smallest absolute Gasteiger partial charge is 0.269 e. The number of benzene rings is 3. The van der Waals surface area contributed by atoms with Gasteiger partial charge in [0.2, 0.25) is 0 Å². The number of nitrogens with zero attached hydrogens (tertiary/aromatic N) is 6. The minimum atomic E-state index is -0.464. The summed E-state index contributed by atoms with van der Waals surface area (Å²) in [7, 11) is 4.76. The van der Waals surface area contributed by atoms with E-state index in [-0.39, 0.29) is 16.5 Å². The van der Waals surface area contributed by atoms with E-state index in [9.17, 15) is 10.1 Å². The van der Waals surface area contributed by atoms with Crippen LogP contribution in [0, 0.1) is 10.1 Å². The van der Waals surface area contributed by atoms with Gasteiger partial charge in [-0.3, -0.25) is 10.1 Å². The molecule has 0 spiro atoms. The number of hydrogen-bond donors (Lipinski definition) is 0. The second kappa shape index (κ2) is 11.0. The van der Waals surface area contributed by atoms with Crippen LogP contribution >= 0.6 is 0 Å². The largest absolute Gasteiger partial charge is 0.494 e. The first-order valence-corrected chi connectivity index (χ1v) is 13.8. The van der Waals surface area contributed by atoms with Gasteiger partial charge in [-0.2, -0.15) is 5.11 Å². The molecule has 0 aromatic heterocycles. The number of methoxy groups -OCH3 is 3. The van der Waals surface area contributed by atoms with E-state index in [1.165, 1.54) is 48.2 Å². The minimum Gasteiger partial charge on any atom is -0.494 e. The maximum Gasteiger partial charge on any atom is 0.269 e. The first kappa shape index (κ1) is 29.0. The van der Waals surface area contributed by atoms with E-state index in [1.807, 2.05) is 0 Å². The monoisotopic (exact) mass is 572 g/mol. The number of rotatable bonds is 8. The Morgan fingerprint density at radius 2 is 1.31 bits per heavy atom. The Balaban J connectivity index is 1.55. The molecule has 0 atom stereocenters. The van der Waals surface area contributed by atoms with Crippen LogP contribution in [-0.2, 0) is 10.8 Å². The molecule has 3 aromatic carbocycles. The Morgan fingerprint density at radius 1 is 0.762 bits per heavy atom. The Hall–Kier alpha value is -4.54. The van der Waals surface area contributed by atoms with Gasteiger partial charge in [0.1, 0.15) is 28.6 Å². The van der Waals surface area contributed by atoms with Crippen LogP contribution in [0.1, 0.15) is 51.7 Å². The third kappa shape index (κ3) is 5.26. The lowest BCUT2D eigenvalue weighted by molar-refractivity contribution is -0.384. The van der Waals surface area contributed by atoms with Crippen LogP contribution in [0.15, 0.2) is 62.9 Å². The van der Waals surface area contributed by atoms with Gasteiger partial charge >= 0.3 is 0 Å². The number of ether oxygens (including phenoxy) is 3. The number of non-ortho nitro benzene ring substituents is 1. The molecule has 0 aliphatic carbocycles. The molecule has 0 N–H and O–H groups in total. The normalized spacial score (nSPS) is 16.9. The fourth-order valence-electron chi connectivity index (χ4n) is 5.70. The molecule has 3 aromatic rings. The quantitative estimate of drug-likeness (QED) is 0.151. The zero-order valence-electron chi connectivity index (χ0n) is 25.1. The van der Waals surface area contributed by atoms with Crippen molar-refractivity contribution in [1.29, 1.82) is 0 Å². The van der Waals surface area contributed by atoms with Gasteiger partial charge in [0.15, 0.2) is 5.75 Å². The summed E-state index contributed by atoms with van der Waals surface area (Å²) in [6.45, 7) is 11.2. The van der Waals surface area contributed by atoms with Crippen molar-refractivity contribution in [1.82, 2.24) is 0 Å². The maximum atomic E-state index is 10.9. The summed E-state index contributed by atoms with van der Waals surface area (Å²) in [6, 6.07) is 11.3. The van der Waals surface area contributed by atoms with E-state index >= 15 is 0 Å². The van der Waals surface area contributed by atoms with Crippen molar-refractivity contribution < 1.29 is 19.1 Å². The van der Waals surface area contributed by atoms with Crippen LogP contribution in [0.2, 0.25) is 0 Å². The summed E-state index contributed by atoms with van der Waals surface area (Å²) in [5, 5.41) is 28.7. The summed E-state index contributed by atoms with van der Waals surface area (Å²) in [5.74, 6) is 1.59. The second-order valence-electron chi connectivity index (χ2n) is 11.8. The van der Waals surface area contributed by atoms with Crippen LogP contribution in [0.5, 0.6) is 17.2 Å². The summed E-state index contributed by atoms with van der Waals surface area (Å²) in [4.78, 5) is 12.9. The minimum absolute atomic E-state index is 0.0121. The lowest BCUT2D eigenvalue weighted by atomic mass is 9.69. The van der Waals surface area contributed by atoms with Gasteiger partial charge in [0.05, 0.1) is 31.9 Å². The first-order chi connectivity index (χ1) is 20.0. The van der Waals surface area contributed by atoms with Gasteiger partial charge in [-0.15, -0.1) is 15.3 Å². The summed E-state index contributed by atoms with van der Waals surface area (Å²) < 4.78 is 17.2. The molecule has 42 heavy (non-hydrogen) atoms. The Bertz CT molecular complexity index is 1580. The van der Waals surface area contributed by atoms with Crippen molar-refractivity contribution in [2.24, 2.45) is 20.5 Å². The molecular weight excluding hydrogens is 536 g/mol. The average molecular weight is 573 g/mol. The standard InChI is InChI=1S/C31H36N6O5/c1-30(2)12-14-36-15-13-31(3,4)27-28(36)21(30)16-24(29(27)42-7)35-34-23-18-25(40-5)22(17-26(23)41-6)33-32-19-8-10-20(11-9-19)37(38)39/h8-11,16-18H,12-15H2,1-7H3. The molecule has 0 saturated carbocycles. The molecule has 0 bridgehead atoms. The highest BCUT2D eigenvalue weighted by molar-refractivity contribution is 5.78. The van der Waals surface area contributed by atoms with Gasteiger partial charge < -0.3 is 19.1 Å². The molecule has 220 valence electrons. The van der Waals surface area contributed by atoms with Crippen LogP contribution in [0.25, 0.3) is 0 Å². The van der Waals surface area contributed by atoms with Crippen LogP contribution in [0.3, 0.4) is 0 Å². The third-order valence-corrected chi connectivity index (χ3v) is 8.25. The van der Waals surface area contributed by atoms with Crippen molar-refractivity contribution in [3.05, 3.63) is 63.7 Å². The fourth-order valence-corrected chi connectivity index (χ4v) is 5.70. The van der Waals surface area contributed by atoms with E-state index < -0.39 is 4.92 Å². The summed E-state index contributed by atoms with van der Waals surface area (Å²) in [5.41, 5.74) is 5.59. The molecule has 2 aliphatic heterocycles. The number of azo groups is 2. The molecule has 0 amide bonds. The lowest BCUT2D eigenvalue weighted by Crippen LogP contribution is -2.44. The number of hydrogen-bond acceptors (Lipinski definition) is 10. The number of nitro groups is 1. The maximum absolute atomic E-state index is 10.9. The second-order valence-corrected chi connectivity index (χ2v) is 11.8. The molecule has 11 heteroatoms. The Morgan fingerprint density at radius 3 is 1.86 bits per heavy atom. The predicted molar refractivity (Wildman–Crippen MR) is 161 cm³/mol.